The van der Waals surface area contributed by atoms with Crippen LogP contribution >= 0.6 is 0 Å². The summed E-state index contributed by atoms with van der Waals surface area (Å²) in [4.78, 5) is 0. The molecule has 0 unspecified atom stereocenters. The summed E-state index contributed by atoms with van der Waals surface area (Å²) in [6.45, 7) is 3.62. The third kappa shape index (κ3) is 3.44. The fourth-order valence-corrected chi connectivity index (χ4v) is 0.799. The zero-order valence-electron chi connectivity index (χ0n) is 5.75. The topological polar surface area (TPSA) is 20.2 Å². The average Bonchev–Trinajstić information content (AvgIpc) is 1.95. The molecule has 0 atom stereocenters. The molecular weight excluding hydrogens is 148 g/mol. The molecule has 0 fully saturated rings. The van der Waals surface area contributed by atoms with Crippen molar-refractivity contribution in [1.29, 1.82) is 0 Å². The van der Waals surface area contributed by atoms with Gasteiger partial charge in [0.1, 0.15) is 5.75 Å². The van der Waals surface area contributed by atoms with Crippen molar-refractivity contribution in [2.45, 2.75) is 6.42 Å². The van der Waals surface area contributed by atoms with E-state index < -0.39 is 0 Å². The molecule has 11 heavy (non-hydrogen) atoms. The molecule has 0 saturated carbocycles. The smallest absolute Gasteiger partial charge is 0.316 e. The summed E-state index contributed by atoms with van der Waals surface area (Å²) in [6.07, 6.45) is 2.70. The molecule has 0 spiro atoms. The van der Waals surface area contributed by atoms with Gasteiger partial charge in [-0.1, -0.05) is 18.2 Å². The fraction of sp³-hybridized carbons (Fsp3) is 0.111. The van der Waals surface area contributed by atoms with Gasteiger partial charge in [-0.15, -0.1) is 6.58 Å². The van der Waals surface area contributed by atoms with E-state index in [4.69, 9.17) is 5.11 Å². The van der Waals surface area contributed by atoms with Crippen LogP contribution in [-0.4, -0.2) is 28.2 Å². The van der Waals surface area contributed by atoms with Crippen molar-refractivity contribution in [3.05, 3.63) is 42.5 Å². The SMILES string of the molecule is C=CCc1ccc(O)cc1.[MgH2]. The highest BCUT2D eigenvalue weighted by molar-refractivity contribution is 5.75. The third-order valence-corrected chi connectivity index (χ3v) is 1.32. The predicted octanol–water partition coefficient (Wildman–Crippen LogP) is 1.20. The number of benzene rings is 1. The summed E-state index contributed by atoms with van der Waals surface area (Å²) in [7, 11) is 0. The zero-order chi connectivity index (χ0) is 7.40. The Morgan fingerprint density at radius 1 is 1.27 bits per heavy atom. The van der Waals surface area contributed by atoms with Crippen molar-refractivity contribution < 1.29 is 5.11 Å². The number of phenolic OH excluding ortho intramolecular Hbond substituents is 1. The summed E-state index contributed by atoms with van der Waals surface area (Å²) in [6, 6.07) is 7.13. The summed E-state index contributed by atoms with van der Waals surface area (Å²) < 4.78 is 0. The van der Waals surface area contributed by atoms with Gasteiger partial charge in [0.15, 0.2) is 0 Å². The fourth-order valence-electron chi connectivity index (χ4n) is 0.799. The molecule has 1 N–H and O–H groups in total. The van der Waals surface area contributed by atoms with E-state index in [2.05, 4.69) is 6.58 Å². The molecular formula is C9H12MgO. The lowest BCUT2D eigenvalue weighted by Crippen LogP contribution is -1.77. The molecule has 0 aromatic heterocycles. The van der Waals surface area contributed by atoms with Crippen molar-refractivity contribution in [3.8, 4) is 5.75 Å². The van der Waals surface area contributed by atoms with Crippen LogP contribution in [0.15, 0.2) is 36.9 Å². The van der Waals surface area contributed by atoms with Crippen LogP contribution in [-0.2, 0) is 6.42 Å². The van der Waals surface area contributed by atoms with E-state index in [0.717, 1.165) is 6.42 Å². The largest absolute Gasteiger partial charge is 0.508 e. The molecule has 0 radical (unpaired) electrons. The molecule has 2 heteroatoms. The molecule has 1 rings (SSSR count). The lowest BCUT2D eigenvalue weighted by Gasteiger charge is -1.94. The van der Waals surface area contributed by atoms with Crippen LogP contribution in [0.4, 0.5) is 0 Å². The zero-order valence-corrected chi connectivity index (χ0v) is 5.75. The molecule has 1 aromatic rings. The van der Waals surface area contributed by atoms with Crippen LogP contribution < -0.4 is 0 Å². The maximum atomic E-state index is 8.90. The van der Waals surface area contributed by atoms with Gasteiger partial charge >= 0.3 is 23.1 Å². The van der Waals surface area contributed by atoms with Gasteiger partial charge in [-0.2, -0.15) is 0 Å². The van der Waals surface area contributed by atoms with Crippen molar-refractivity contribution in [2.24, 2.45) is 0 Å². The number of aromatic hydroxyl groups is 1. The first kappa shape index (κ1) is 10.5. The highest BCUT2D eigenvalue weighted by Gasteiger charge is 1.87. The summed E-state index contributed by atoms with van der Waals surface area (Å²) >= 11 is 0. The van der Waals surface area contributed by atoms with Gasteiger partial charge in [-0.3, -0.25) is 0 Å². The molecule has 0 aliphatic carbocycles. The molecule has 0 heterocycles. The Kier molecular flexibility index (Phi) is 4.99. The van der Waals surface area contributed by atoms with Crippen molar-refractivity contribution in [2.75, 3.05) is 0 Å². The maximum absolute atomic E-state index is 8.90. The van der Waals surface area contributed by atoms with Gasteiger partial charge < -0.3 is 5.11 Å². The number of rotatable bonds is 2. The highest BCUT2D eigenvalue weighted by atomic mass is 24.3. The predicted molar refractivity (Wildman–Crippen MR) is 50.6 cm³/mol. The first-order valence-electron chi connectivity index (χ1n) is 3.22. The first-order chi connectivity index (χ1) is 4.83. The number of phenols is 1. The minimum atomic E-state index is 0. The second-order valence-corrected chi connectivity index (χ2v) is 2.16. The Hall–Kier alpha value is -0.474. The molecule has 0 saturated heterocycles. The Morgan fingerprint density at radius 2 is 1.82 bits per heavy atom. The number of allylic oxidation sites excluding steroid dienone is 1. The molecule has 1 nitrogen and oxygen atoms in total. The molecule has 0 aliphatic heterocycles. The van der Waals surface area contributed by atoms with E-state index in [1.165, 1.54) is 5.56 Å². The van der Waals surface area contributed by atoms with Crippen LogP contribution in [0.25, 0.3) is 0 Å². The van der Waals surface area contributed by atoms with E-state index in [0.29, 0.717) is 5.75 Å². The molecule has 0 aliphatic rings. The van der Waals surface area contributed by atoms with Crippen LogP contribution in [0, 0.1) is 0 Å². The van der Waals surface area contributed by atoms with Crippen molar-refractivity contribution in [3.63, 3.8) is 0 Å². The Balaban J connectivity index is 0.000001000. The van der Waals surface area contributed by atoms with E-state index >= 15 is 0 Å². The van der Waals surface area contributed by atoms with Gasteiger partial charge in [-0.25, -0.2) is 0 Å². The number of hydrogen-bond acceptors (Lipinski definition) is 1. The van der Waals surface area contributed by atoms with Crippen molar-refractivity contribution in [1.82, 2.24) is 0 Å². The monoisotopic (exact) mass is 160 g/mol. The maximum Gasteiger partial charge on any atom is 0.316 e. The van der Waals surface area contributed by atoms with E-state index in [-0.39, 0.29) is 23.1 Å². The van der Waals surface area contributed by atoms with Crippen molar-refractivity contribution >= 4 is 23.1 Å². The Bertz CT molecular complexity index is 216. The Morgan fingerprint density at radius 3 is 2.27 bits per heavy atom. The normalized spacial score (nSPS) is 8.36. The molecule has 0 bridgehead atoms. The summed E-state index contributed by atoms with van der Waals surface area (Å²) in [5.41, 5.74) is 1.17. The Labute approximate surface area is 82.9 Å². The minimum absolute atomic E-state index is 0. The van der Waals surface area contributed by atoms with Gasteiger partial charge in [0.2, 0.25) is 0 Å². The second kappa shape index (κ2) is 5.21. The average molecular weight is 160 g/mol. The quantitative estimate of drug-likeness (QED) is 0.509. The summed E-state index contributed by atoms with van der Waals surface area (Å²) in [5, 5.41) is 8.90. The van der Waals surface area contributed by atoms with Crippen LogP contribution in [0.5, 0.6) is 5.75 Å². The standard InChI is InChI=1S/C9H10O.Mg.2H/c1-2-3-8-4-6-9(10)7-5-8;;;/h2,4-7,10H,1,3H2;;;. The van der Waals surface area contributed by atoms with Crippen LogP contribution in [0.1, 0.15) is 5.56 Å². The van der Waals surface area contributed by atoms with Gasteiger partial charge in [0.25, 0.3) is 0 Å². The third-order valence-electron chi connectivity index (χ3n) is 1.32. The van der Waals surface area contributed by atoms with Crippen LogP contribution in [0.3, 0.4) is 0 Å². The van der Waals surface area contributed by atoms with Gasteiger partial charge in [-0.05, 0) is 24.1 Å². The lowest BCUT2D eigenvalue weighted by molar-refractivity contribution is 0.475. The van der Waals surface area contributed by atoms with E-state index in [1.807, 2.05) is 18.2 Å². The highest BCUT2D eigenvalue weighted by Crippen LogP contribution is 2.09. The summed E-state index contributed by atoms with van der Waals surface area (Å²) in [5.74, 6) is 0.313. The lowest BCUT2D eigenvalue weighted by atomic mass is 10.1. The number of hydrogen-bond donors (Lipinski definition) is 1. The van der Waals surface area contributed by atoms with E-state index in [9.17, 15) is 0 Å². The molecule has 0 amide bonds. The molecule has 56 valence electrons. The first-order valence-corrected chi connectivity index (χ1v) is 3.22. The van der Waals surface area contributed by atoms with Gasteiger partial charge in [0, 0.05) is 0 Å². The van der Waals surface area contributed by atoms with Crippen LogP contribution in [0.2, 0.25) is 0 Å². The minimum Gasteiger partial charge on any atom is -0.508 e. The van der Waals surface area contributed by atoms with E-state index in [1.54, 1.807) is 12.1 Å². The van der Waals surface area contributed by atoms with Gasteiger partial charge in [0.05, 0.1) is 0 Å². The molecule has 1 aromatic carbocycles. The second-order valence-electron chi connectivity index (χ2n) is 2.16.